The number of piperazine rings is 1. The van der Waals surface area contributed by atoms with Crippen LogP contribution in [-0.4, -0.2) is 80.3 Å². The van der Waals surface area contributed by atoms with Gasteiger partial charge >= 0.3 is 6.18 Å². The fourth-order valence-corrected chi connectivity index (χ4v) is 2.64. The molecular weight excluding hydrogens is 492 g/mol. The van der Waals surface area contributed by atoms with Crippen molar-refractivity contribution in [2.75, 3.05) is 52.5 Å². The van der Waals surface area contributed by atoms with Gasteiger partial charge in [-0.2, -0.15) is 13.2 Å². The molecule has 0 spiro atoms. The summed E-state index contributed by atoms with van der Waals surface area (Å²) in [6, 6.07) is 3.32. The van der Waals surface area contributed by atoms with E-state index in [9.17, 15) is 18.0 Å². The Balaban J connectivity index is 0.00000392. The molecule has 0 unspecified atom stereocenters. The van der Waals surface area contributed by atoms with E-state index < -0.39 is 12.8 Å². The summed E-state index contributed by atoms with van der Waals surface area (Å²) in [7, 11) is 0. The molecule has 0 saturated carbocycles. The predicted octanol–water partition coefficient (Wildman–Crippen LogP) is 2.59. The molecule has 1 saturated heterocycles. The predicted molar refractivity (Wildman–Crippen MR) is 109 cm³/mol. The van der Waals surface area contributed by atoms with Gasteiger partial charge in [-0.25, -0.2) is 0 Å². The summed E-state index contributed by atoms with van der Waals surface area (Å²) in [5.41, 5.74) is 0. The number of halogens is 4. The number of nitrogens with one attached hydrogen (secondary N) is 1. The number of amides is 1. The molecule has 1 amide bonds. The zero-order valence-corrected chi connectivity index (χ0v) is 18.0. The van der Waals surface area contributed by atoms with Gasteiger partial charge in [0, 0.05) is 45.9 Å². The van der Waals surface area contributed by atoms with Gasteiger partial charge in [-0.05, 0) is 25.5 Å². The van der Waals surface area contributed by atoms with Crippen molar-refractivity contribution in [1.82, 2.24) is 15.1 Å². The molecule has 7 nitrogen and oxygen atoms in total. The van der Waals surface area contributed by atoms with Crippen LogP contribution in [0.15, 0.2) is 27.8 Å². The number of carbonyl (C=O) groups is 1. The van der Waals surface area contributed by atoms with Crippen LogP contribution in [0.4, 0.5) is 13.2 Å². The third-order valence-electron chi connectivity index (χ3n) is 3.91. The number of alkyl halides is 3. The maximum absolute atomic E-state index is 12.3. The lowest BCUT2D eigenvalue weighted by atomic mass is 10.3. The van der Waals surface area contributed by atoms with Crippen LogP contribution in [0.2, 0.25) is 0 Å². The highest BCUT2D eigenvalue weighted by Gasteiger charge is 2.27. The zero-order chi connectivity index (χ0) is 19.7. The van der Waals surface area contributed by atoms with Crippen molar-refractivity contribution in [3.05, 3.63) is 24.2 Å². The topological polar surface area (TPSA) is 70.3 Å². The normalized spacial score (nSPS) is 15.4. The summed E-state index contributed by atoms with van der Waals surface area (Å²) in [6.45, 7) is 4.07. The van der Waals surface area contributed by atoms with Crippen molar-refractivity contribution in [1.29, 1.82) is 0 Å². The number of carbonyl (C=O) groups excluding carboxylic acids is 1. The van der Waals surface area contributed by atoms with Gasteiger partial charge in [0.1, 0.15) is 6.61 Å². The summed E-state index contributed by atoms with van der Waals surface area (Å²) in [5, 5.41) is 3.17. The van der Waals surface area contributed by atoms with E-state index in [0.717, 1.165) is 0 Å². The van der Waals surface area contributed by atoms with Gasteiger partial charge in [0.05, 0.1) is 6.26 Å². The highest BCUT2D eigenvalue weighted by atomic mass is 127. The minimum Gasteiger partial charge on any atom is -0.459 e. The molecular formula is C17H26F3IN4O3. The Morgan fingerprint density at radius 2 is 1.96 bits per heavy atom. The van der Waals surface area contributed by atoms with Gasteiger partial charge in [0.15, 0.2) is 11.7 Å². The van der Waals surface area contributed by atoms with Crippen molar-refractivity contribution < 1.29 is 27.1 Å². The van der Waals surface area contributed by atoms with Gasteiger partial charge in [0.25, 0.3) is 5.91 Å². The number of nitrogens with zero attached hydrogens (tertiary/aromatic N) is 3. The number of aliphatic imine (C=N–C) groups is 1. The molecule has 2 heterocycles. The van der Waals surface area contributed by atoms with Crippen LogP contribution in [-0.2, 0) is 4.74 Å². The quantitative estimate of drug-likeness (QED) is 0.260. The number of rotatable bonds is 7. The van der Waals surface area contributed by atoms with Crippen LogP contribution < -0.4 is 5.32 Å². The molecule has 0 radical (unpaired) electrons. The summed E-state index contributed by atoms with van der Waals surface area (Å²) in [6.07, 6.45) is -2.43. The van der Waals surface area contributed by atoms with E-state index >= 15 is 0 Å². The van der Waals surface area contributed by atoms with Gasteiger partial charge in [-0.3, -0.25) is 9.79 Å². The lowest BCUT2D eigenvalue weighted by Gasteiger charge is -2.36. The number of guanidine groups is 1. The number of furan rings is 1. The van der Waals surface area contributed by atoms with Gasteiger partial charge < -0.3 is 24.3 Å². The van der Waals surface area contributed by atoms with Crippen molar-refractivity contribution in [3.63, 3.8) is 0 Å². The Bertz CT molecular complexity index is 603. The molecule has 0 bridgehead atoms. The Labute approximate surface area is 179 Å². The standard InChI is InChI=1S/C17H25F3N4O3.HI/c1-2-21-16(22-6-4-11-26-13-17(18,19)20)24-9-7-23(8-10-24)15(25)14-5-3-12-27-14;/h3,5,12H,2,4,6-11,13H2,1H3,(H,21,22);1H. The summed E-state index contributed by atoms with van der Waals surface area (Å²) < 4.78 is 45.8. The minimum absolute atomic E-state index is 0. The zero-order valence-electron chi connectivity index (χ0n) is 15.7. The molecule has 1 aromatic heterocycles. The lowest BCUT2D eigenvalue weighted by molar-refractivity contribution is -0.173. The molecule has 1 fully saturated rings. The SMILES string of the molecule is CCNC(=NCCCOCC(F)(F)F)N1CCN(C(=O)c2ccco2)CC1.I. The highest BCUT2D eigenvalue weighted by Crippen LogP contribution is 2.14. The molecule has 160 valence electrons. The van der Waals surface area contributed by atoms with Gasteiger partial charge in [-0.15, -0.1) is 24.0 Å². The Hall–Kier alpha value is -1.50. The second kappa shape index (κ2) is 12.1. The number of ether oxygens (including phenoxy) is 1. The average Bonchev–Trinajstić information content (AvgIpc) is 3.17. The molecule has 0 aromatic carbocycles. The highest BCUT2D eigenvalue weighted by molar-refractivity contribution is 14.0. The van der Waals surface area contributed by atoms with Crippen LogP contribution in [0.5, 0.6) is 0 Å². The Morgan fingerprint density at radius 1 is 1.29 bits per heavy atom. The first-order chi connectivity index (χ1) is 12.9. The molecule has 1 N–H and O–H groups in total. The smallest absolute Gasteiger partial charge is 0.411 e. The van der Waals surface area contributed by atoms with Crippen LogP contribution in [0.3, 0.4) is 0 Å². The maximum Gasteiger partial charge on any atom is 0.411 e. The molecule has 1 aromatic rings. The Kier molecular flexibility index (Phi) is 10.6. The second-order valence-electron chi connectivity index (χ2n) is 6.01. The fraction of sp³-hybridized carbons (Fsp3) is 0.647. The minimum atomic E-state index is -4.30. The van der Waals surface area contributed by atoms with Crippen LogP contribution in [0.25, 0.3) is 0 Å². The second-order valence-corrected chi connectivity index (χ2v) is 6.01. The first-order valence-corrected chi connectivity index (χ1v) is 8.91. The maximum atomic E-state index is 12.3. The van der Waals surface area contributed by atoms with Crippen molar-refractivity contribution >= 4 is 35.8 Å². The van der Waals surface area contributed by atoms with E-state index in [1.165, 1.54) is 6.26 Å². The van der Waals surface area contributed by atoms with Crippen LogP contribution in [0, 0.1) is 0 Å². The van der Waals surface area contributed by atoms with Crippen molar-refractivity contribution in [2.24, 2.45) is 4.99 Å². The third kappa shape index (κ3) is 8.25. The summed E-state index contributed by atoms with van der Waals surface area (Å²) in [4.78, 5) is 20.5. The van der Waals surface area contributed by atoms with E-state index in [2.05, 4.69) is 15.0 Å². The van der Waals surface area contributed by atoms with Crippen LogP contribution >= 0.6 is 24.0 Å². The lowest BCUT2D eigenvalue weighted by Crippen LogP contribution is -2.53. The first-order valence-electron chi connectivity index (χ1n) is 8.91. The van der Waals surface area contributed by atoms with E-state index in [1.54, 1.807) is 17.0 Å². The van der Waals surface area contributed by atoms with E-state index in [1.807, 2.05) is 11.8 Å². The monoisotopic (exact) mass is 518 g/mol. The molecule has 0 atom stereocenters. The molecule has 1 aliphatic rings. The Morgan fingerprint density at radius 3 is 2.54 bits per heavy atom. The first kappa shape index (κ1) is 24.5. The molecule has 28 heavy (non-hydrogen) atoms. The van der Waals surface area contributed by atoms with Crippen molar-refractivity contribution in [3.8, 4) is 0 Å². The number of hydrogen-bond acceptors (Lipinski definition) is 4. The molecule has 11 heteroatoms. The van der Waals surface area contributed by atoms with E-state index in [4.69, 9.17) is 4.42 Å². The summed E-state index contributed by atoms with van der Waals surface area (Å²) >= 11 is 0. The molecule has 1 aliphatic heterocycles. The van der Waals surface area contributed by atoms with E-state index in [-0.39, 0.29) is 36.5 Å². The van der Waals surface area contributed by atoms with E-state index in [0.29, 0.717) is 57.4 Å². The number of hydrogen-bond donors (Lipinski definition) is 1. The van der Waals surface area contributed by atoms with Crippen LogP contribution in [0.1, 0.15) is 23.9 Å². The molecule has 0 aliphatic carbocycles. The average molecular weight is 518 g/mol. The third-order valence-corrected chi connectivity index (χ3v) is 3.91. The fourth-order valence-electron chi connectivity index (χ4n) is 2.64. The summed E-state index contributed by atoms with van der Waals surface area (Å²) in [5.74, 6) is 0.879. The van der Waals surface area contributed by atoms with Gasteiger partial charge in [-0.1, -0.05) is 0 Å². The molecule has 2 rings (SSSR count). The largest absolute Gasteiger partial charge is 0.459 e. The van der Waals surface area contributed by atoms with Crippen molar-refractivity contribution in [2.45, 2.75) is 19.5 Å². The van der Waals surface area contributed by atoms with Gasteiger partial charge in [0.2, 0.25) is 0 Å².